The molecule has 72 valence electrons. The van der Waals surface area contributed by atoms with Gasteiger partial charge in [-0.3, -0.25) is 4.55 Å². The van der Waals surface area contributed by atoms with Gasteiger partial charge in [-0.25, -0.2) is 4.31 Å². The average Bonchev–Trinajstić information content (AvgIpc) is 1.85. The Morgan fingerprint density at radius 2 is 1.83 bits per heavy atom. The van der Waals surface area contributed by atoms with Crippen molar-refractivity contribution in [1.82, 2.24) is 4.31 Å². The van der Waals surface area contributed by atoms with E-state index in [4.69, 9.17) is 4.55 Å². The van der Waals surface area contributed by atoms with E-state index in [0.717, 1.165) is 6.92 Å². The fraction of sp³-hybridized carbons (Fsp3) is 0.500. The normalized spacial score (nSPS) is 11.1. The maximum Gasteiger partial charge on any atom is 0.361 e. The molecule has 0 radical (unpaired) electrons. The quantitative estimate of drug-likeness (QED) is 0.555. The molecule has 4 nitrogen and oxygen atoms in total. The number of halogens is 3. The van der Waals surface area contributed by atoms with E-state index in [-0.39, 0.29) is 0 Å². The summed E-state index contributed by atoms with van der Waals surface area (Å²) in [5.41, 5.74) is 0. The van der Waals surface area contributed by atoms with Crippen LogP contribution in [-0.4, -0.2) is 23.8 Å². The van der Waals surface area contributed by atoms with Crippen LogP contribution in [0.1, 0.15) is 6.92 Å². The molecule has 0 rings (SSSR count). The van der Waals surface area contributed by atoms with Gasteiger partial charge in [0.25, 0.3) is 5.95 Å². The minimum atomic E-state index is -4.94. The van der Waals surface area contributed by atoms with Gasteiger partial charge in [-0.2, -0.15) is 21.6 Å². The molecule has 1 N–H and O–H groups in total. The van der Waals surface area contributed by atoms with Gasteiger partial charge < -0.3 is 0 Å². The lowest BCUT2D eigenvalue weighted by atomic mass is 10.7. The highest BCUT2D eigenvalue weighted by Crippen LogP contribution is 2.16. The summed E-state index contributed by atoms with van der Waals surface area (Å²) in [6.45, 7) is 0.484. The number of rotatable bonds is 3. The molecule has 0 amide bonds. The SMILES string of the molecule is CCN(C(F)=C(F)F)S(=O)(=O)O. The number of hydrogen-bond donors (Lipinski definition) is 1. The first-order valence-corrected chi connectivity index (χ1v) is 4.16. The predicted molar refractivity (Wildman–Crippen MR) is 34.3 cm³/mol. The Morgan fingerprint density at radius 3 is 1.92 bits per heavy atom. The molecule has 0 atom stereocenters. The Hall–Kier alpha value is -0.760. The smallest absolute Gasteiger partial charge is 0.269 e. The van der Waals surface area contributed by atoms with Crippen molar-refractivity contribution in [2.45, 2.75) is 6.92 Å². The van der Waals surface area contributed by atoms with Gasteiger partial charge in [0.15, 0.2) is 0 Å². The van der Waals surface area contributed by atoms with Crippen LogP contribution in [0.15, 0.2) is 12.0 Å². The second kappa shape index (κ2) is 3.76. The zero-order chi connectivity index (χ0) is 9.94. The summed E-state index contributed by atoms with van der Waals surface area (Å²) in [5.74, 6) is -2.26. The minimum Gasteiger partial charge on any atom is -0.269 e. The molecule has 0 heterocycles. The Kier molecular flexibility index (Phi) is 3.53. The van der Waals surface area contributed by atoms with Crippen molar-refractivity contribution in [3.63, 3.8) is 0 Å². The first-order chi connectivity index (χ1) is 5.30. The van der Waals surface area contributed by atoms with E-state index in [2.05, 4.69) is 0 Å². The fourth-order valence-corrected chi connectivity index (χ4v) is 1.10. The van der Waals surface area contributed by atoms with Gasteiger partial charge in [0.05, 0.1) is 0 Å². The van der Waals surface area contributed by atoms with E-state index in [9.17, 15) is 21.6 Å². The molecule has 0 saturated heterocycles. The summed E-state index contributed by atoms with van der Waals surface area (Å²) in [7, 11) is -4.94. The fourth-order valence-electron chi connectivity index (χ4n) is 0.498. The first-order valence-electron chi connectivity index (χ1n) is 2.76. The Balaban J connectivity index is 4.97. The lowest BCUT2D eigenvalue weighted by molar-refractivity contribution is 0.290. The maximum atomic E-state index is 12.2. The van der Waals surface area contributed by atoms with E-state index in [0.29, 0.717) is 0 Å². The van der Waals surface area contributed by atoms with E-state index in [1.807, 2.05) is 0 Å². The topological polar surface area (TPSA) is 57.6 Å². The van der Waals surface area contributed by atoms with E-state index in [1.54, 1.807) is 0 Å². The molecule has 0 aliphatic heterocycles. The van der Waals surface area contributed by atoms with Crippen LogP contribution in [0.4, 0.5) is 13.2 Å². The highest BCUT2D eigenvalue weighted by molar-refractivity contribution is 7.83. The van der Waals surface area contributed by atoms with Crippen molar-refractivity contribution >= 4 is 10.3 Å². The minimum absolute atomic E-state index is 0.456. The van der Waals surface area contributed by atoms with Crippen molar-refractivity contribution in [2.24, 2.45) is 0 Å². The van der Waals surface area contributed by atoms with Crippen LogP contribution in [0.2, 0.25) is 0 Å². The van der Waals surface area contributed by atoms with Crippen molar-refractivity contribution < 1.29 is 26.1 Å². The molecular formula is C4H6F3NO3S. The molecule has 0 aromatic rings. The van der Waals surface area contributed by atoms with E-state index in [1.165, 1.54) is 0 Å². The third kappa shape index (κ3) is 2.70. The van der Waals surface area contributed by atoms with Crippen molar-refractivity contribution in [1.29, 1.82) is 0 Å². The third-order valence-electron chi connectivity index (χ3n) is 0.941. The van der Waals surface area contributed by atoms with Crippen LogP contribution >= 0.6 is 0 Å². The Morgan fingerprint density at radius 1 is 1.42 bits per heavy atom. The van der Waals surface area contributed by atoms with Crippen molar-refractivity contribution in [2.75, 3.05) is 6.54 Å². The first kappa shape index (κ1) is 11.2. The van der Waals surface area contributed by atoms with Crippen LogP contribution in [0.25, 0.3) is 0 Å². The van der Waals surface area contributed by atoms with Gasteiger partial charge in [0, 0.05) is 6.54 Å². The van der Waals surface area contributed by atoms with Crippen molar-refractivity contribution in [3.05, 3.63) is 12.0 Å². The van der Waals surface area contributed by atoms with Crippen molar-refractivity contribution in [3.8, 4) is 0 Å². The third-order valence-corrected chi connectivity index (χ3v) is 1.92. The molecule has 0 aromatic carbocycles. The molecule has 8 heteroatoms. The predicted octanol–water partition coefficient (Wildman–Crippen LogP) is 1.15. The summed E-state index contributed by atoms with van der Waals surface area (Å²) >= 11 is 0. The van der Waals surface area contributed by atoms with Gasteiger partial charge in [0.2, 0.25) is 0 Å². The molecule has 0 unspecified atom stereocenters. The second-order valence-electron chi connectivity index (χ2n) is 1.69. The van der Waals surface area contributed by atoms with E-state index < -0.39 is 33.2 Å². The Bertz CT molecular complexity index is 282. The van der Waals surface area contributed by atoms with Gasteiger partial charge in [-0.1, -0.05) is 0 Å². The number of nitrogens with zero attached hydrogens (tertiary/aromatic N) is 1. The monoisotopic (exact) mass is 205 g/mol. The van der Waals surface area contributed by atoms with Crippen LogP contribution in [0.5, 0.6) is 0 Å². The molecule has 0 aromatic heterocycles. The molecule has 0 spiro atoms. The van der Waals surface area contributed by atoms with Crippen LogP contribution < -0.4 is 0 Å². The summed E-state index contributed by atoms with van der Waals surface area (Å²) in [6, 6.07) is 0. The lowest BCUT2D eigenvalue weighted by Gasteiger charge is -2.14. The molecular weight excluding hydrogens is 199 g/mol. The number of hydrogen-bond acceptors (Lipinski definition) is 2. The molecule has 0 aliphatic carbocycles. The van der Waals surface area contributed by atoms with Crippen LogP contribution in [-0.2, 0) is 10.3 Å². The molecule has 12 heavy (non-hydrogen) atoms. The van der Waals surface area contributed by atoms with Gasteiger partial charge in [-0.05, 0) is 6.92 Å². The van der Waals surface area contributed by atoms with Gasteiger partial charge in [0.1, 0.15) is 0 Å². The lowest BCUT2D eigenvalue weighted by Crippen LogP contribution is -2.28. The highest BCUT2D eigenvalue weighted by Gasteiger charge is 2.24. The summed E-state index contributed by atoms with van der Waals surface area (Å²) < 4.78 is 63.3. The Labute approximate surface area is 67.2 Å². The zero-order valence-electron chi connectivity index (χ0n) is 5.96. The largest absolute Gasteiger partial charge is 0.361 e. The second-order valence-corrected chi connectivity index (χ2v) is 3.03. The average molecular weight is 205 g/mol. The van der Waals surface area contributed by atoms with E-state index >= 15 is 0 Å². The zero-order valence-corrected chi connectivity index (χ0v) is 6.78. The molecule has 0 aliphatic rings. The van der Waals surface area contributed by atoms with Gasteiger partial charge in [-0.15, -0.1) is 0 Å². The molecule has 0 saturated carbocycles. The van der Waals surface area contributed by atoms with Crippen LogP contribution in [0, 0.1) is 0 Å². The van der Waals surface area contributed by atoms with Crippen LogP contribution in [0.3, 0.4) is 0 Å². The standard InChI is InChI=1S/C4H6F3NO3S/c1-2-8(12(9,10)11)4(7)3(5)6/h2H2,1H3,(H,9,10,11). The molecule has 0 fully saturated rings. The van der Waals surface area contributed by atoms with Gasteiger partial charge >= 0.3 is 16.4 Å². The molecule has 0 bridgehead atoms. The summed E-state index contributed by atoms with van der Waals surface area (Å²) in [4.78, 5) is 0. The highest BCUT2D eigenvalue weighted by atomic mass is 32.2. The summed E-state index contributed by atoms with van der Waals surface area (Å²) in [6.07, 6.45) is -2.80. The summed E-state index contributed by atoms with van der Waals surface area (Å²) in [5, 5.41) is 0. The maximum absolute atomic E-state index is 12.2.